The standard InChI is InChI=1S/C31H40N4O4S/c1-6-22-21-32-29(27-20-28-26(33(27)5)13-18-40-28)35(22)16-17-37-24-9-7-10-25(19-24)38-23-11-8-14-34(15-12-23)30(36)39-31(2,3)4/h7,9-10,13,18-21,23H,6,8,11-12,14-17H2,1-5H3. The Balaban J connectivity index is 1.18. The molecule has 1 atom stereocenters. The predicted octanol–water partition coefficient (Wildman–Crippen LogP) is 6.91. The molecule has 0 bridgehead atoms. The summed E-state index contributed by atoms with van der Waals surface area (Å²) >= 11 is 1.75. The van der Waals surface area contributed by atoms with Crippen LogP contribution in [0, 0.1) is 0 Å². The Hall–Kier alpha value is -3.46. The van der Waals surface area contributed by atoms with Crippen molar-refractivity contribution in [2.45, 2.75) is 71.6 Å². The van der Waals surface area contributed by atoms with Crippen LogP contribution >= 0.6 is 11.3 Å². The highest BCUT2D eigenvalue weighted by Gasteiger charge is 2.26. The summed E-state index contributed by atoms with van der Waals surface area (Å²) in [5.74, 6) is 2.53. The highest BCUT2D eigenvalue weighted by atomic mass is 32.1. The van der Waals surface area contributed by atoms with Gasteiger partial charge >= 0.3 is 6.09 Å². The Kier molecular flexibility index (Phi) is 8.40. The number of thiophene rings is 1. The highest BCUT2D eigenvalue weighted by molar-refractivity contribution is 7.17. The number of imidazole rings is 1. The molecule has 1 unspecified atom stereocenters. The molecule has 40 heavy (non-hydrogen) atoms. The SMILES string of the molecule is CCc1cnc(-c2cc3sccc3n2C)n1CCOc1cccc(OC2CCCN(C(=O)OC(C)(C)C)CC2)c1. The van der Waals surface area contributed by atoms with Crippen molar-refractivity contribution in [3.8, 4) is 23.0 Å². The number of hydrogen-bond acceptors (Lipinski definition) is 6. The fourth-order valence-corrected chi connectivity index (χ4v) is 6.04. The van der Waals surface area contributed by atoms with Crippen LogP contribution in [0.3, 0.4) is 0 Å². The first kappa shape index (κ1) is 28.1. The number of aromatic nitrogens is 3. The number of fused-ring (bicyclic) bond motifs is 1. The largest absolute Gasteiger partial charge is 0.492 e. The molecule has 214 valence electrons. The molecular weight excluding hydrogens is 524 g/mol. The van der Waals surface area contributed by atoms with Crippen molar-refractivity contribution in [3.05, 3.63) is 53.7 Å². The average Bonchev–Trinajstić information content (AvgIpc) is 3.55. The van der Waals surface area contributed by atoms with Crippen molar-refractivity contribution in [2.75, 3.05) is 19.7 Å². The van der Waals surface area contributed by atoms with E-state index >= 15 is 0 Å². The number of rotatable bonds is 8. The van der Waals surface area contributed by atoms with Gasteiger partial charge in [0.05, 0.1) is 22.5 Å². The summed E-state index contributed by atoms with van der Waals surface area (Å²) in [5.41, 5.74) is 3.04. The van der Waals surface area contributed by atoms with Gasteiger partial charge in [0.15, 0.2) is 5.82 Å². The van der Waals surface area contributed by atoms with Gasteiger partial charge in [-0.3, -0.25) is 0 Å². The van der Waals surface area contributed by atoms with Crippen LogP contribution in [-0.4, -0.2) is 56.5 Å². The van der Waals surface area contributed by atoms with E-state index in [0.717, 1.165) is 48.7 Å². The van der Waals surface area contributed by atoms with Crippen molar-refractivity contribution in [3.63, 3.8) is 0 Å². The van der Waals surface area contributed by atoms with Crippen LogP contribution in [-0.2, 0) is 24.8 Å². The molecule has 1 amide bonds. The molecule has 5 rings (SSSR count). The maximum atomic E-state index is 12.5. The van der Waals surface area contributed by atoms with E-state index in [9.17, 15) is 4.79 Å². The normalized spacial score (nSPS) is 16.2. The fourth-order valence-electron chi connectivity index (χ4n) is 5.19. The molecule has 1 aliphatic heterocycles. The van der Waals surface area contributed by atoms with Crippen LogP contribution < -0.4 is 9.47 Å². The van der Waals surface area contributed by atoms with Crippen molar-refractivity contribution < 1.29 is 19.0 Å². The van der Waals surface area contributed by atoms with Gasteiger partial charge in [-0.15, -0.1) is 11.3 Å². The Morgan fingerprint density at radius 3 is 2.73 bits per heavy atom. The molecule has 1 saturated heterocycles. The van der Waals surface area contributed by atoms with Crippen molar-refractivity contribution in [2.24, 2.45) is 7.05 Å². The number of carbonyl (C=O) groups excluding carboxylic acids is 1. The minimum atomic E-state index is -0.491. The van der Waals surface area contributed by atoms with Crippen LogP contribution in [0.2, 0.25) is 0 Å². The molecule has 8 nitrogen and oxygen atoms in total. The van der Waals surface area contributed by atoms with E-state index in [1.807, 2.05) is 51.2 Å². The molecule has 9 heteroatoms. The third-order valence-electron chi connectivity index (χ3n) is 7.21. The van der Waals surface area contributed by atoms with Crippen LogP contribution in [0.4, 0.5) is 4.79 Å². The van der Waals surface area contributed by atoms with Crippen molar-refractivity contribution >= 4 is 27.6 Å². The van der Waals surface area contributed by atoms with E-state index in [2.05, 4.69) is 40.6 Å². The molecule has 1 aliphatic rings. The fraction of sp³-hybridized carbons (Fsp3) is 0.484. The number of hydrogen-bond donors (Lipinski definition) is 0. The second kappa shape index (κ2) is 12.0. The number of carbonyl (C=O) groups is 1. The van der Waals surface area contributed by atoms with Crippen molar-refractivity contribution in [1.82, 2.24) is 19.0 Å². The molecule has 0 spiro atoms. The molecule has 4 heterocycles. The number of likely N-dealkylation sites (tertiary alicyclic amines) is 1. The molecule has 0 saturated carbocycles. The van der Waals surface area contributed by atoms with Crippen LogP contribution in [0.15, 0.2) is 48.0 Å². The number of benzene rings is 1. The van der Waals surface area contributed by atoms with Gasteiger partial charge in [0, 0.05) is 44.5 Å². The zero-order valence-electron chi connectivity index (χ0n) is 24.2. The monoisotopic (exact) mass is 564 g/mol. The quantitative estimate of drug-likeness (QED) is 0.233. The first-order chi connectivity index (χ1) is 19.2. The summed E-state index contributed by atoms with van der Waals surface area (Å²) in [6, 6.07) is 12.2. The molecular formula is C31H40N4O4S. The van der Waals surface area contributed by atoms with Gasteiger partial charge in [-0.1, -0.05) is 13.0 Å². The number of aryl methyl sites for hydroxylation is 2. The second-order valence-corrected chi connectivity index (χ2v) is 12.2. The van der Waals surface area contributed by atoms with Crippen LogP contribution in [0.1, 0.15) is 52.7 Å². The van der Waals surface area contributed by atoms with Crippen LogP contribution in [0.5, 0.6) is 11.5 Å². The summed E-state index contributed by atoms with van der Waals surface area (Å²) in [5, 5.41) is 2.12. The Morgan fingerprint density at radius 2 is 1.95 bits per heavy atom. The van der Waals surface area contributed by atoms with E-state index in [4.69, 9.17) is 19.2 Å². The maximum absolute atomic E-state index is 12.5. The molecule has 1 aromatic carbocycles. The predicted molar refractivity (Wildman–Crippen MR) is 159 cm³/mol. The molecule has 1 fully saturated rings. The van der Waals surface area contributed by atoms with Gasteiger partial charge in [-0.05, 0) is 69.7 Å². The first-order valence-corrected chi connectivity index (χ1v) is 15.0. The summed E-state index contributed by atoms with van der Waals surface area (Å²) in [6.07, 6.45) is 5.22. The Labute approximate surface area is 240 Å². The van der Waals surface area contributed by atoms with Crippen LogP contribution in [0.25, 0.3) is 21.7 Å². The van der Waals surface area contributed by atoms with E-state index in [0.29, 0.717) is 26.2 Å². The van der Waals surface area contributed by atoms with Gasteiger partial charge in [-0.2, -0.15) is 0 Å². The number of ether oxygens (including phenoxy) is 3. The lowest BCUT2D eigenvalue weighted by molar-refractivity contribution is 0.0252. The summed E-state index contributed by atoms with van der Waals surface area (Å²) in [6.45, 7) is 10.4. The zero-order chi connectivity index (χ0) is 28.3. The van der Waals surface area contributed by atoms with E-state index in [-0.39, 0.29) is 12.2 Å². The van der Waals surface area contributed by atoms with E-state index < -0.39 is 5.60 Å². The summed E-state index contributed by atoms with van der Waals surface area (Å²) in [4.78, 5) is 19.1. The minimum Gasteiger partial charge on any atom is -0.492 e. The second-order valence-electron chi connectivity index (χ2n) is 11.3. The topological polar surface area (TPSA) is 70.8 Å². The minimum absolute atomic E-state index is 0.0447. The van der Waals surface area contributed by atoms with E-state index in [1.54, 1.807) is 16.2 Å². The highest BCUT2D eigenvalue weighted by Crippen LogP contribution is 2.31. The number of nitrogens with zero attached hydrogens (tertiary/aromatic N) is 4. The third-order valence-corrected chi connectivity index (χ3v) is 8.07. The Morgan fingerprint density at radius 1 is 1.12 bits per heavy atom. The van der Waals surface area contributed by atoms with Crippen molar-refractivity contribution in [1.29, 1.82) is 0 Å². The van der Waals surface area contributed by atoms with Gasteiger partial charge in [0.25, 0.3) is 0 Å². The smallest absolute Gasteiger partial charge is 0.410 e. The Bertz CT molecular complexity index is 1450. The van der Waals surface area contributed by atoms with Gasteiger partial charge in [0.1, 0.15) is 29.8 Å². The average molecular weight is 565 g/mol. The lowest BCUT2D eigenvalue weighted by atomic mass is 10.1. The van der Waals surface area contributed by atoms with E-state index in [1.165, 1.54) is 15.9 Å². The number of amides is 1. The molecule has 0 radical (unpaired) electrons. The molecule has 4 aromatic rings. The maximum Gasteiger partial charge on any atom is 0.410 e. The lowest BCUT2D eigenvalue weighted by Gasteiger charge is -2.26. The first-order valence-electron chi connectivity index (χ1n) is 14.2. The zero-order valence-corrected chi connectivity index (χ0v) is 25.0. The third kappa shape index (κ3) is 6.46. The van der Waals surface area contributed by atoms with Gasteiger partial charge < -0.3 is 28.2 Å². The van der Waals surface area contributed by atoms with Gasteiger partial charge in [-0.25, -0.2) is 9.78 Å². The molecule has 0 aliphatic carbocycles. The molecule has 3 aromatic heterocycles. The van der Waals surface area contributed by atoms with Gasteiger partial charge in [0.2, 0.25) is 0 Å². The lowest BCUT2D eigenvalue weighted by Crippen LogP contribution is -2.37. The summed E-state index contributed by atoms with van der Waals surface area (Å²) in [7, 11) is 2.10. The summed E-state index contributed by atoms with van der Waals surface area (Å²) < 4.78 is 23.8. The molecule has 0 N–H and O–H groups in total.